The Balaban J connectivity index is 2.18. The molecule has 0 radical (unpaired) electrons. The van der Waals surface area contributed by atoms with E-state index in [9.17, 15) is 22.0 Å². The van der Waals surface area contributed by atoms with E-state index in [0.717, 1.165) is 18.2 Å². The van der Waals surface area contributed by atoms with Crippen molar-refractivity contribution in [2.24, 2.45) is 0 Å². The molecular weight excluding hydrogens is 313 g/mol. The molecule has 0 saturated carbocycles. The first-order valence-electron chi connectivity index (χ1n) is 5.82. The van der Waals surface area contributed by atoms with Crippen LogP contribution in [-0.4, -0.2) is 0 Å². The third-order valence-corrected chi connectivity index (χ3v) is 3.03. The van der Waals surface area contributed by atoms with Crippen molar-refractivity contribution in [3.8, 4) is 0 Å². The van der Waals surface area contributed by atoms with E-state index in [1.807, 2.05) is 0 Å². The van der Waals surface area contributed by atoms with E-state index in [0.29, 0.717) is 11.6 Å². The number of hydrogen-bond donors (Lipinski definition) is 1. The zero-order valence-electron chi connectivity index (χ0n) is 10.4. The van der Waals surface area contributed by atoms with Crippen molar-refractivity contribution in [3.63, 3.8) is 0 Å². The fourth-order valence-corrected chi connectivity index (χ4v) is 2.02. The van der Waals surface area contributed by atoms with Crippen LogP contribution < -0.4 is 5.32 Å². The van der Waals surface area contributed by atoms with Gasteiger partial charge in [0.1, 0.15) is 5.82 Å². The van der Waals surface area contributed by atoms with Crippen LogP contribution in [0, 0.1) is 11.6 Å². The number of benzene rings is 2. The molecule has 21 heavy (non-hydrogen) atoms. The molecule has 0 spiro atoms. The van der Waals surface area contributed by atoms with Crippen molar-refractivity contribution < 1.29 is 22.0 Å². The lowest BCUT2D eigenvalue weighted by Gasteiger charge is -2.12. The summed E-state index contributed by atoms with van der Waals surface area (Å²) in [6, 6.07) is 6.15. The maximum Gasteiger partial charge on any atom is 0.416 e. The predicted molar refractivity (Wildman–Crippen MR) is 70.1 cm³/mol. The van der Waals surface area contributed by atoms with Crippen molar-refractivity contribution in [1.82, 2.24) is 0 Å². The van der Waals surface area contributed by atoms with Crippen LogP contribution in [-0.2, 0) is 12.7 Å². The molecule has 0 unspecified atom stereocenters. The highest BCUT2D eigenvalue weighted by atomic mass is 35.5. The minimum absolute atomic E-state index is 0.0772. The maximum atomic E-state index is 13.5. The highest BCUT2D eigenvalue weighted by Crippen LogP contribution is 2.30. The Morgan fingerprint density at radius 3 is 2.38 bits per heavy atom. The van der Waals surface area contributed by atoms with Gasteiger partial charge in [-0.3, -0.25) is 0 Å². The van der Waals surface area contributed by atoms with Gasteiger partial charge in [0.05, 0.1) is 16.3 Å². The Bertz CT molecular complexity index is 631. The second kappa shape index (κ2) is 5.89. The van der Waals surface area contributed by atoms with Crippen LogP contribution in [0.25, 0.3) is 0 Å². The van der Waals surface area contributed by atoms with Gasteiger partial charge in [-0.15, -0.1) is 0 Å². The number of alkyl halides is 3. The van der Waals surface area contributed by atoms with Crippen LogP contribution in [0.15, 0.2) is 36.4 Å². The van der Waals surface area contributed by atoms with Gasteiger partial charge in [-0.2, -0.15) is 13.2 Å². The molecule has 0 atom stereocenters. The average Bonchev–Trinajstić information content (AvgIpc) is 2.36. The Labute approximate surface area is 122 Å². The van der Waals surface area contributed by atoms with Gasteiger partial charge in [-0.05, 0) is 23.8 Å². The normalized spacial score (nSPS) is 11.5. The summed E-state index contributed by atoms with van der Waals surface area (Å²) < 4.78 is 64.1. The van der Waals surface area contributed by atoms with Crippen molar-refractivity contribution in [2.75, 3.05) is 5.32 Å². The molecule has 0 fully saturated rings. The number of halogens is 6. The van der Waals surface area contributed by atoms with Crippen molar-refractivity contribution in [1.29, 1.82) is 0 Å². The summed E-state index contributed by atoms with van der Waals surface area (Å²) in [7, 11) is 0. The molecule has 0 aliphatic carbocycles. The van der Waals surface area contributed by atoms with Crippen LogP contribution in [0.4, 0.5) is 27.6 Å². The minimum atomic E-state index is -4.45. The highest BCUT2D eigenvalue weighted by molar-refractivity contribution is 6.33. The number of rotatable bonds is 3. The Morgan fingerprint density at radius 2 is 1.76 bits per heavy atom. The molecule has 0 aliphatic rings. The van der Waals surface area contributed by atoms with E-state index in [4.69, 9.17) is 11.6 Å². The van der Waals surface area contributed by atoms with Crippen LogP contribution in [0.5, 0.6) is 0 Å². The first-order chi connectivity index (χ1) is 9.77. The SMILES string of the molecule is Fc1cc(F)c(NCc2cccc(C(F)(F)F)c2)c(Cl)c1. The zero-order chi connectivity index (χ0) is 15.6. The molecule has 0 bridgehead atoms. The second-order valence-corrected chi connectivity index (χ2v) is 4.70. The van der Waals surface area contributed by atoms with E-state index in [1.165, 1.54) is 12.1 Å². The Kier molecular flexibility index (Phi) is 4.37. The van der Waals surface area contributed by atoms with E-state index in [1.54, 1.807) is 0 Å². The summed E-state index contributed by atoms with van der Waals surface area (Å²) in [5.41, 5.74) is -0.660. The first-order valence-corrected chi connectivity index (χ1v) is 6.20. The minimum Gasteiger partial charge on any atom is -0.377 e. The van der Waals surface area contributed by atoms with Crippen LogP contribution in [0.1, 0.15) is 11.1 Å². The third-order valence-electron chi connectivity index (χ3n) is 2.73. The highest BCUT2D eigenvalue weighted by Gasteiger charge is 2.30. The van der Waals surface area contributed by atoms with E-state index >= 15 is 0 Å². The van der Waals surface area contributed by atoms with Gasteiger partial charge in [-0.25, -0.2) is 8.78 Å². The molecule has 1 N–H and O–H groups in total. The van der Waals surface area contributed by atoms with E-state index < -0.39 is 23.4 Å². The van der Waals surface area contributed by atoms with E-state index in [2.05, 4.69) is 5.32 Å². The summed E-state index contributed by atoms with van der Waals surface area (Å²) in [5.74, 6) is -1.74. The predicted octanol–water partition coefficient (Wildman–Crippen LogP) is 5.25. The summed E-state index contributed by atoms with van der Waals surface area (Å²) in [6.07, 6.45) is -4.45. The summed E-state index contributed by atoms with van der Waals surface area (Å²) in [4.78, 5) is 0. The molecule has 2 rings (SSSR count). The molecule has 1 nitrogen and oxygen atoms in total. The molecule has 0 aliphatic heterocycles. The summed E-state index contributed by atoms with van der Waals surface area (Å²) >= 11 is 5.68. The van der Waals surface area contributed by atoms with Crippen LogP contribution >= 0.6 is 11.6 Å². The van der Waals surface area contributed by atoms with Gasteiger partial charge in [0.25, 0.3) is 0 Å². The molecule has 0 heterocycles. The standard InChI is InChI=1S/C14H9ClF5N/c15-11-5-10(16)6-12(17)13(11)21-7-8-2-1-3-9(4-8)14(18,19)20/h1-6,21H,7H2. The maximum absolute atomic E-state index is 13.5. The summed E-state index contributed by atoms with van der Waals surface area (Å²) in [6.45, 7) is -0.0772. The number of hydrogen-bond acceptors (Lipinski definition) is 1. The lowest BCUT2D eigenvalue weighted by molar-refractivity contribution is -0.137. The quantitative estimate of drug-likeness (QED) is 0.761. The number of anilines is 1. The van der Waals surface area contributed by atoms with Gasteiger partial charge in [-0.1, -0.05) is 23.7 Å². The first kappa shape index (κ1) is 15.6. The van der Waals surface area contributed by atoms with Gasteiger partial charge in [0.2, 0.25) is 0 Å². The van der Waals surface area contributed by atoms with Crippen molar-refractivity contribution in [2.45, 2.75) is 12.7 Å². The van der Waals surface area contributed by atoms with Gasteiger partial charge in [0.15, 0.2) is 5.82 Å². The molecule has 0 saturated heterocycles. The second-order valence-electron chi connectivity index (χ2n) is 4.30. The van der Waals surface area contributed by atoms with Crippen LogP contribution in [0.2, 0.25) is 5.02 Å². The Hall–Kier alpha value is -1.82. The molecule has 0 aromatic heterocycles. The molecule has 2 aromatic rings. The Morgan fingerprint density at radius 1 is 1.05 bits per heavy atom. The molecule has 2 aromatic carbocycles. The van der Waals surface area contributed by atoms with Gasteiger partial charge < -0.3 is 5.32 Å². The molecule has 112 valence electrons. The topological polar surface area (TPSA) is 12.0 Å². The lowest BCUT2D eigenvalue weighted by Crippen LogP contribution is -2.07. The smallest absolute Gasteiger partial charge is 0.377 e. The monoisotopic (exact) mass is 321 g/mol. The number of nitrogens with one attached hydrogen (secondary N) is 1. The summed E-state index contributed by atoms with van der Waals surface area (Å²) in [5, 5.41) is 2.38. The van der Waals surface area contributed by atoms with Crippen molar-refractivity contribution >= 4 is 17.3 Å². The van der Waals surface area contributed by atoms with Crippen molar-refractivity contribution in [3.05, 3.63) is 64.2 Å². The average molecular weight is 322 g/mol. The largest absolute Gasteiger partial charge is 0.416 e. The van der Waals surface area contributed by atoms with Gasteiger partial charge >= 0.3 is 6.18 Å². The molecule has 7 heteroatoms. The lowest BCUT2D eigenvalue weighted by atomic mass is 10.1. The fourth-order valence-electron chi connectivity index (χ4n) is 1.76. The zero-order valence-corrected chi connectivity index (χ0v) is 11.2. The van der Waals surface area contributed by atoms with Gasteiger partial charge in [0, 0.05) is 12.6 Å². The third kappa shape index (κ3) is 3.85. The molecular formula is C14H9ClF5N. The van der Waals surface area contributed by atoms with Crippen LogP contribution in [0.3, 0.4) is 0 Å². The molecule has 0 amide bonds. The van der Waals surface area contributed by atoms with E-state index in [-0.39, 0.29) is 17.3 Å². The fraction of sp³-hybridized carbons (Fsp3) is 0.143.